The number of hydrazone groups is 1. The first-order valence-electron chi connectivity index (χ1n) is 3.69. The second-order valence-corrected chi connectivity index (χ2v) is 2.58. The Kier molecular flexibility index (Phi) is 3.02. The number of rotatable bonds is 2. The first kappa shape index (κ1) is 9.24. The van der Waals surface area contributed by atoms with E-state index < -0.39 is 0 Å². The molecule has 1 aromatic rings. The van der Waals surface area contributed by atoms with Gasteiger partial charge in [0.1, 0.15) is 0 Å². The molecule has 6 nitrogen and oxygen atoms in total. The number of carbonyl (C=O) groups excluding carboxylic acids is 1. The van der Waals surface area contributed by atoms with Crippen molar-refractivity contribution in [2.75, 3.05) is 14.1 Å². The SMILES string of the molecule is CN(C)C(=O)N/N=C/c1cnc[nH]1. The minimum Gasteiger partial charge on any atom is -0.344 e. The molecule has 0 radical (unpaired) electrons. The molecule has 0 unspecified atom stereocenters. The lowest BCUT2D eigenvalue weighted by atomic mass is 10.5. The van der Waals surface area contributed by atoms with Crippen molar-refractivity contribution in [2.45, 2.75) is 0 Å². The number of carbonyl (C=O) groups is 1. The molecule has 70 valence electrons. The summed E-state index contributed by atoms with van der Waals surface area (Å²) in [5.41, 5.74) is 3.06. The largest absolute Gasteiger partial charge is 0.344 e. The highest BCUT2D eigenvalue weighted by atomic mass is 16.2. The molecule has 0 aromatic carbocycles. The van der Waals surface area contributed by atoms with Gasteiger partial charge in [-0.1, -0.05) is 0 Å². The normalized spacial score (nSPS) is 10.3. The standard InChI is InChI=1S/C7H11N5O/c1-12(2)7(13)11-10-4-6-3-8-5-9-6/h3-5H,1-2H3,(H,8,9)(H,11,13)/b10-4+. The number of nitrogens with zero attached hydrogens (tertiary/aromatic N) is 3. The minimum atomic E-state index is -0.268. The van der Waals surface area contributed by atoms with Gasteiger partial charge in [-0.3, -0.25) is 0 Å². The van der Waals surface area contributed by atoms with Crippen LogP contribution in [-0.2, 0) is 0 Å². The highest BCUT2D eigenvalue weighted by Crippen LogP contribution is 1.83. The molecule has 0 aliphatic carbocycles. The summed E-state index contributed by atoms with van der Waals surface area (Å²) >= 11 is 0. The Morgan fingerprint density at radius 3 is 3.08 bits per heavy atom. The van der Waals surface area contributed by atoms with Crippen LogP contribution in [0.25, 0.3) is 0 Å². The second-order valence-electron chi connectivity index (χ2n) is 2.58. The van der Waals surface area contributed by atoms with Crippen LogP contribution < -0.4 is 5.43 Å². The first-order valence-corrected chi connectivity index (χ1v) is 3.69. The van der Waals surface area contributed by atoms with Gasteiger partial charge in [0.25, 0.3) is 0 Å². The third-order valence-corrected chi connectivity index (χ3v) is 1.29. The topological polar surface area (TPSA) is 73.4 Å². The van der Waals surface area contributed by atoms with E-state index in [0.717, 1.165) is 5.69 Å². The number of urea groups is 1. The summed E-state index contributed by atoms with van der Waals surface area (Å²) in [7, 11) is 3.28. The molecule has 0 bridgehead atoms. The maximum absolute atomic E-state index is 10.9. The lowest BCUT2D eigenvalue weighted by molar-refractivity contribution is 0.218. The molecule has 2 amide bonds. The van der Waals surface area contributed by atoms with Gasteiger partial charge >= 0.3 is 6.03 Å². The van der Waals surface area contributed by atoms with Crippen molar-refractivity contribution in [2.24, 2.45) is 5.10 Å². The van der Waals surface area contributed by atoms with Crippen molar-refractivity contribution in [3.05, 3.63) is 18.2 Å². The van der Waals surface area contributed by atoms with E-state index in [2.05, 4.69) is 20.5 Å². The van der Waals surface area contributed by atoms with Crippen LogP contribution in [0.4, 0.5) is 4.79 Å². The number of amides is 2. The van der Waals surface area contributed by atoms with Gasteiger partial charge in [-0.15, -0.1) is 0 Å². The fourth-order valence-corrected chi connectivity index (χ4v) is 0.594. The summed E-state index contributed by atoms with van der Waals surface area (Å²) < 4.78 is 0. The number of aromatic nitrogens is 2. The third kappa shape index (κ3) is 2.94. The molecular formula is C7H11N5O. The Balaban J connectivity index is 2.39. The van der Waals surface area contributed by atoms with Crippen molar-refractivity contribution in [3.63, 3.8) is 0 Å². The summed E-state index contributed by atoms with van der Waals surface area (Å²) in [5, 5.41) is 3.70. The molecule has 0 fully saturated rings. The summed E-state index contributed by atoms with van der Waals surface area (Å²) in [6.07, 6.45) is 4.62. The average Bonchev–Trinajstić information content (AvgIpc) is 2.56. The fourth-order valence-electron chi connectivity index (χ4n) is 0.594. The van der Waals surface area contributed by atoms with Gasteiger partial charge in [0, 0.05) is 14.1 Å². The number of H-pyrrole nitrogens is 1. The van der Waals surface area contributed by atoms with E-state index in [9.17, 15) is 4.79 Å². The van der Waals surface area contributed by atoms with Crippen LogP contribution in [0.2, 0.25) is 0 Å². The van der Waals surface area contributed by atoms with Gasteiger partial charge in [-0.25, -0.2) is 15.2 Å². The number of imidazole rings is 1. The van der Waals surface area contributed by atoms with Crippen molar-refractivity contribution >= 4 is 12.2 Å². The highest BCUT2D eigenvalue weighted by Gasteiger charge is 1.98. The van der Waals surface area contributed by atoms with Crippen LogP contribution in [0.3, 0.4) is 0 Å². The van der Waals surface area contributed by atoms with Gasteiger partial charge < -0.3 is 9.88 Å². The number of hydrogen-bond donors (Lipinski definition) is 2. The third-order valence-electron chi connectivity index (χ3n) is 1.29. The van der Waals surface area contributed by atoms with E-state index in [1.165, 1.54) is 17.4 Å². The van der Waals surface area contributed by atoms with Crippen molar-refractivity contribution < 1.29 is 4.79 Å². The minimum absolute atomic E-state index is 0.268. The number of nitrogens with one attached hydrogen (secondary N) is 2. The summed E-state index contributed by atoms with van der Waals surface area (Å²) in [4.78, 5) is 18.9. The molecule has 1 aromatic heterocycles. The number of hydrogen-bond acceptors (Lipinski definition) is 3. The second kappa shape index (κ2) is 4.24. The Hall–Kier alpha value is -1.85. The van der Waals surface area contributed by atoms with Crippen molar-refractivity contribution in [1.29, 1.82) is 0 Å². The molecule has 0 aliphatic rings. The summed E-state index contributed by atoms with van der Waals surface area (Å²) in [5.74, 6) is 0. The number of aromatic amines is 1. The molecule has 0 atom stereocenters. The van der Waals surface area contributed by atoms with E-state index in [1.807, 2.05) is 0 Å². The van der Waals surface area contributed by atoms with Gasteiger partial charge in [-0.2, -0.15) is 5.10 Å². The zero-order valence-electron chi connectivity index (χ0n) is 7.48. The zero-order valence-corrected chi connectivity index (χ0v) is 7.48. The lowest BCUT2D eigenvalue weighted by Gasteiger charge is -2.07. The van der Waals surface area contributed by atoms with Gasteiger partial charge in [0.15, 0.2) is 0 Å². The van der Waals surface area contributed by atoms with Crippen LogP contribution >= 0.6 is 0 Å². The molecule has 6 heteroatoms. The van der Waals surface area contributed by atoms with Crippen LogP contribution in [0.1, 0.15) is 5.69 Å². The molecular weight excluding hydrogens is 170 g/mol. The van der Waals surface area contributed by atoms with E-state index >= 15 is 0 Å². The molecule has 0 saturated carbocycles. The Morgan fingerprint density at radius 2 is 2.54 bits per heavy atom. The molecule has 1 heterocycles. The van der Waals surface area contributed by atoms with E-state index in [0.29, 0.717) is 0 Å². The van der Waals surface area contributed by atoms with Gasteiger partial charge in [-0.05, 0) is 0 Å². The van der Waals surface area contributed by atoms with Crippen molar-refractivity contribution in [1.82, 2.24) is 20.3 Å². The maximum Gasteiger partial charge on any atom is 0.337 e. The summed E-state index contributed by atoms with van der Waals surface area (Å²) in [6.45, 7) is 0. The molecule has 2 N–H and O–H groups in total. The predicted molar refractivity (Wildman–Crippen MR) is 48.4 cm³/mol. The summed E-state index contributed by atoms with van der Waals surface area (Å²) in [6, 6.07) is -0.268. The van der Waals surface area contributed by atoms with Gasteiger partial charge in [0.2, 0.25) is 0 Å². The average molecular weight is 181 g/mol. The predicted octanol–water partition coefficient (Wildman–Crippen LogP) is 0.0148. The Morgan fingerprint density at radius 1 is 1.77 bits per heavy atom. The molecule has 0 saturated heterocycles. The first-order chi connectivity index (χ1) is 6.20. The van der Waals surface area contributed by atoms with Gasteiger partial charge in [0.05, 0.1) is 24.4 Å². The fraction of sp³-hybridized carbons (Fsp3) is 0.286. The van der Waals surface area contributed by atoms with Crippen LogP contribution in [0, 0.1) is 0 Å². The van der Waals surface area contributed by atoms with Crippen LogP contribution in [0.5, 0.6) is 0 Å². The molecule has 0 spiro atoms. The maximum atomic E-state index is 10.9. The van der Waals surface area contributed by atoms with Crippen LogP contribution in [0.15, 0.2) is 17.6 Å². The molecule has 13 heavy (non-hydrogen) atoms. The smallest absolute Gasteiger partial charge is 0.337 e. The van der Waals surface area contributed by atoms with E-state index in [1.54, 1.807) is 20.3 Å². The molecule has 1 rings (SSSR count). The quantitative estimate of drug-likeness (QED) is 0.498. The van der Waals surface area contributed by atoms with Crippen LogP contribution in [-0.4, -0.2) is 41.2 Å². The zero-order chi connectivity index (χ0) is 9.68. The van der Waals surface area contributed by atoms with E-state index in [4.69, 9.17) is 0 Å². The van der Waals surface area contributed by atoms with E-state index in [-0.39, 0.29) is 6.03 Å². The lowest BCUT2D eigenvalue weighted by Crippen LogP contribution is -2.31. The Bertz CT molecular complexity index is 290. The Labute approximate surface area is 75.7 Å². The monoisotopic (exact) mass is 181 g/mol. The molecule has 0 aliphatic heterocycles. The highest BCUT2D eigenvalue weighted by molar-refractivity contribution is 5.79. The van der Waals surface area contributed by atoms with Crippen molar-refractivity contribution in [3.8, 4) is 0 Å².